The average molecular weight is 425 g/mol. The number of methoxy groups -OCH3 is 1. The number of hydrogen-bond donors (Lipinski definition) is 1. The van der Waals surface area contributed by atoms with Gasteiger partial charge in [0.2, 0.25) is 5.91 Å². The third-order valence-corrected chi connectivity index (χ3v) is 6.18. The molecule has 0 aliphatic carbocycles. The minimum atomic E-state index is -3.98. The molecule has 0 saturated carbocycles. The van der Waals surface area contributed by atoms with Crippen molar-refractivity contribution >= 4 is 33.2 Å². The molecule has 0 aromatic heterocycles. The van der Waals surface area contributed by atoms with E-state index in [-0.39, 0.29) is 23.4 Å². The Labute approximate surface area is 171 Å². The SMILES string of the molecule is CCC[C@@H](C)NC(=O)CN(c1cccc(Cl)c1)S(=O)(=O)c1ccc(OC)cc1. The largest absolute Gasteiger partial charge is 0.497 e. The van der Waals surface area contributed by atoms with Crippen molar-refractivity contribution in [3.05, 3.63) is 53.6 Å². The van der Waals surface area contributed by atoms with Crippen LogP contribution >= 0.6 is 11.6 Å². The van der Waals surface area contributed by atoms with Crippen LogP contribution in [0.1, 0.15) is 26.7 Å². The van der Waals surface area contributed by atoms with Crippen LogP contribution in [-0.2, 0) is 14.8 Å². The lowest BCUT2D eigenvalue weighted by molar-refractivity contribution is -0.120. The van der Waals surface area contributed by atoms with Gasteiger partial charge in [0.1, 0.15) is 12.3 Å². The first-order chi connectivity index (χ1) is 13.3. The maximum absolute atomic E-state index is 13.3. The molecule has 0 aliphatic heterocycles. The molecular weight excluding hydrogens is 400 g/mol. The van der Waals surface area contributed by atoms with Crippen molar-refractivity contribution in [2.45, 2.75) is 37.6 Å². The molecule has 0 radical (unpaired) electrons. The van der Waals surface area contributed by atoms with Crippen LogP contribution in [0.3, 0.4) is 0 Å². The van der Waals surface area contributed by atoms with Crippen molar-refractivity contribution in [3.8, 4) is 5.75 Å². The van der Waals surface area contributed by atoms with Crippen LogP contribution in [0.15, 0.2) is 53.4 Å². The fourth-order valence-electron chi connectivity index (χ4n) is 2.78. The molecule has 2 aromatic rings. The Kier molecular flexibility index (Phi) is 7.71. The summed E-state index contributed by atoms with van der Waals surface area (Å²) in [5, 5.41) is 3.22. The molecule has 0 aliphatic rings. The number of ether oxygens (including phenoxy) is 1. The van der Waals surface area contributed by atoms with Crippen molar-refractivity contribution in [2.75, 3.05) is 18.0 Å². The molecule has 1 amide bonds. The second-order valence-electron chi connectivity index (χ2n) is 6.42. The minimum Gasteiger partial charge on any atom is -0.497 e. The summed E-state index contributed by atoms with van der Waals surface area (Å²) < 4.78 is 32.7. The van der Waals surface area contributed by atoms with Gasteiger partial charge in [-0.2, -0.15) is 0 Å². The number of carbonyl (C=O) groups excluding carboxylic acids is 1. The van der Waals surface area contributed by atoms with Crippen molar-refractivity contribution in [2.24, 2.45) is 0 Å². The number of amides is 1. The lowest BCUT2D eigenvalue weighted by Gasteiger charge is -2.25. The number of benzene rings is 2. The third kappa shape index (κ3) is 5.62. The summed E-state index contributed by atoms with van der Waals surface area (Å²) in [7, 11) is -2.48. The number of rotatable bonds is 9. The Morgan fingerprint density at radius 1 is 1.21 bits per heavy atom. The highest BCUT2D eigenvalue weighted by molar-refractivity contribution is 7.92. The first kappa shape index (κ1) is 22.0. The topological polar surface area (TPSA) is 75.7 Å². The van der Waals surface area contributed by atoms with Crippen molar-refractivity contribution in [1.29, 1.82) is 0 Å². The van der Waals surface area contributed by atoms with Crippen molar-refractivity contribution in [3.63, 3.8) is 0 Å². The molecule has 28 heavy (non-hydrogen) atoms. The zero-order valence-corrected chi connectivity index (χ0v) is 17.8. The van der Waals surface area contributed by atoms with E-state index in [2.05, 4.69) is 5.32 Å². The number of nitrogens with zero attached hydrogens (tertiary/aromatic N) is 1. The second-order valence-corrected chi connectivity index (χ2v) is 8.72. The molecule has 2 rings (SSSR count). The van der Waals surface area contributed by atoms with E-state index in [4.69, 9.17) is 16.3 Å². The van der Waals surface area contributed by atoms with E-state index in [0.29, 0.717) is 16.5 Å². The van der Waals surface area contributed by atoms with Gasteiger partial charge in [-0.15, -0.1) is 0 Å². The van der Waals surface area contributed by atoms with Gasteiger partial charge in [-0.3, -0.25) is 9.10 Å². The van der Waals surface area contributed by atoms with Gasteiger partial charge in [0.25, 0.3) is 10.0 Å². The van der Waals surface area contributed by atoms with Crippen LogP contribution in [0.4, 0.5) is 5.69 Å². The number of nitrogens with one attached hydrogen (secondary N) is 1. The summed E-state index contributed by atoms with van der Waals surface area (Å²) in [5.74, 6) is 0.164. The molecule has 1 atom stereocenters. The molecular formula is C20H25ClN2O4S. The lowest BCUT2D eigenvalue weighted by atomic mass is 10.2. The third-order valence-electron chi connectivity index (χ3n) is 4.16. The lowest BCUT2D eigenvalue weighted by Crippen LogP contribution is -2.43. The number of sulfonamides is 1. The van der Waals surface area contributed by atoms with Gasteiger partial charge in [-0.1, -0.05) is 31.0 Å². The number of carbonyl (C=O) groups is 1. The van der Waals surface area contributed by atoms with Gasteiger partial charge < -0.3 is 10.1 Å². The number of halogens is 1. The van der Waals surface area contributed by atoms with Crippen molar-refractivity contribution in [1.82, 2.24) is 5.32 Å². The highest BCUT2D eigenvalue weighted by Gasteiger charge is 2.27. The molecule has 0 unspecified atom stereocenters. The van der Waals surface area contributed by atoms with E-state index < -0.39 is 10.0 Å². The first-order valence-corrected chi connectivity index (χ1v) is 10.8. The van der Waals surface area contributed by atoms with E-state index in [1.807, 2.05) is 13.8 Å². The highest BCUT2D eigenvalue weighted by atomic mass is 35.5. The predicted octanol–water partition coefficient (Wildman–Crippen LogP) is 3.85. The second kappa shape index (κ2) is 9.80. The molecule has 0 heterocycles. The monoisotopic (exact) mass is 424 g/mol. The van der Waals surface area contributed by atoms with Gasteiger partial charge in [0.15, 0.2) is 0 Å². The smallest absolute Gasteiger partial charge is 0.264 e. The molecule has 2 aromatic carbocycles. The van der Waals surface area contributed by atoms with Crippen LogP contribution in [0.5, 0.6) is 5.75 Å². The summed E-state index contributed by atoms with van der Waals surface area (Å²) in [4.78, 5) is 12.6. The summed E-state index contributed by atoms with van der Waals surface area (Å²) >= 11 is 6.05. The van der Waals surface area contributed by atoms with Gasteiger partial charge >= 0.3 is 0 Å². The molecule has 8 heteroatoms. The van der Waals surface area contributed by atoms with E-state index in [1.54, 1.807) is 30.3 Å². The predicted molar refractivity (Wildman–Crippen MR) is 111 cm³/mol. The number of anilines is 1. The zero-order chi connectivity index (χ0) is 20.7. The Morgan fingerprint density at radius 2 is 1.89 bits per heavy atom. The van der Waals surface area contributed by atoms with Gasteiger partial charge in [-0.25, -0.2) is 8.42 Å². The fraction of sp³-hybridized carbons (Fsp3) is 0.350. The maximum atomic E-state index is 13.3. The zero-order valence-electron chi connectivity index (χ0n) is 16.2. The van der Waals surface area contributed by atoms with Gasteiger partial charge in [0, 0.05) is 11.1 Å². The Balaban J connectivity index is 2.38. The van der Waals surface area contributed by atoms with Gasteiger partial charge in [-0.05, 0) is 55.8 Å². The van der Waals surface area contributed by atoms with E-state index in [1.165, 1.54) is 25.3 Å². The van der Waals surface area contributed by atoms with E-state index in [0.717, 1.165) is 17.1 Å². The van der Waals surface area contributed by atoms with E-state index in [9.17, 15) is 13.2 Å². The quantitative estimate of drug-likeness (QED) is 0.663. The average Bonchev–Trinajstić information content (AvgIpc) is 2.66. The van der Waals surface area contributed by atoms with Crippen LogP contribution in [0.2, 0.25) is 5.02 Å². The Bertz CT molecular complexity index is 901. The summed E-state index contributed by atoms with van der Waals surface area (Å²) in [6.07, 6.45) is 1.73. The van der Waals surface area contributed by atoms with Crippen LogP contribution in [0.25, 0.3) is 0 Å². The molecule has 0 bridgehead atoms. The summed E-state index contributed by atoms with van der Waals surface area (Å²) in [6, 6.07) is 12.4. The molecule has 6 nitrogen and oxygen atoms in total. The first-order valence-electron chi connectivity index (χ1n) is 8.99. The summed E-state index contributed by atoms with van der Waals surface area (Å²) in [5.41, 5.74) is 0.321. The summed E-state index contributed by atoms with van der Waals surface area (Å²) in [6.45, 7) is 3.57. The molecule has 1 N–H and O–H groups in total. The van der Waals surface area contributed by atoms with Crippen LogP contribution in [-0.4, -0.2) is 34.0 Å². The van der Waals surface area contributed by atoms with E-state index >= 15 is 0 Å². The molecule has 0 saturated heterocycles. The number of hydrogen-bond acceptors (Lipinski definition) is 4. The maximum Gasteiger partial charge on any atom is 0.264 e. The van der Waals surface area contributed by atoms with Crippen molar-refractivity contribution < 1.29 is 17.9 Å². The minimum absolute atomic E-state index is 0.0394. The van der Waals surface area contributed by atoms with Crippen LogP contribution < -0.4 is 14.4 Å². The molecule has 0 fully saturated rings. The standard InChI is InChI=1S/C20H25ClN2O4S/c1-4-6-15(2)22-20(24)14-23(17-8-5-7-16(21)13-17)28(25,26)19-11-9-18(27-3)10-12-19/h5,7-13,15H,4,6,14H2,1-3H3,(H,22,24)/t15-/m1/s1. The fourth-order valence-corrected chi connectivity index (χ4v) is 4.37. The Morgan fingerprint density at radius 3 is 2.46 bits per heavy atom. The molecule has 0 spiro atoms. The Hall–Kier alpha value is -2.25. The normalized spacial score (nSPS) is 12.3. The highest BCUT2D eigenvalue weighted by Crippen LogP contribution is 2.27. The van der Waals surface area contributed by atoms with Crippen LogP contribution in [0, 0.1) is 0 Å². The van der Waals surface area contributed by atoms with Gasteiger partial charge in [0.05, 0.1) is 17.7 Å². The molecule has 152 valence electrons.